The van der Waals surface area contributed by atoms with Gasteiger partial charge in [0.25, 0.3) is 0 Å². The number of thioether (sulfide) groups is 1. The van der Waals surface area contributed by atoms with Crippen LogP contribution in [0.15, 0.2) is 71.9 Å². The molecule has 4 aromatic rings. The van der Waals surface area contributed by atoms with E-state index in [9.17, 15) is 9.59 Å². The van der Waals surface area contributed by atoms with Gasteiger partial charge in [-0.15, -0.1) is 0 Å². The zero-order chi connectivity index (χ0) is 19.7. The van der Waals surface area contributed by atoms with Crippen molar-refractivity contribution in [2.75, 3.05) is 5.32 Å². The number of carbonyl (C=O) groups excluding carboxylic acids is 2. The monoisotopic (exact) mass is 389 g/mol. The molecule has 0 aliphatic rings. The number of amides is 1. The summed E-state index contributed by atoms with van der Waals surface area (Å²) in [6.07, 6.45) is 0. The molecule has 0 fully saturated rings. The minimum absolute atomic E-state index is 0.127. The van der Waals surface area contributed by atoms with Gasteiger partial charge in [0.2, 0.25) is 11.8 Å². The Hall–Kier alpha value is -3.12. The number of fused-ring (bicyclic) bond motifs is 2. The number of rotatable bonds is 4. The molecule has 3 aromatic carbocycles. The molecule has 0 bridgehead atoms. The number of carbonyl (C=O) groups is 2. The third kappa shape index (κ3) is 3.39. The number of nitrogens with zero attached hydrogens (tertiary/aromatic N) is 2. The maximum Gasteiger partial charge on any atom is 0.237 e. The molecule has 0 saturated heterocycles. The van der Waals surface area contributed by atoms with Crippen molar-refractivity contribution >= 4 is 51.1 Å². The van der Waals surface area contributed by atoms with Crippen molar-refractivity contribution in [1.82, 2.24) is 9.55 Å². The Balaban J connectivity index is 1.59. The van der Waals surface area contributed by atoms with E-state index in [2.05, 4.69) is 10.3 Å². The molecule has 1 atom stereocenters. The first kappa shape index (κ1) is 18.3. The number of aromatic nitrogens is 2. The second-order valence-corrected chi connectivity index (χ2v) is 7.82. The maximum atomic E-state index is 12.8. The molecular weight excluding hydrogens is 370 g/mol. The summed E-state index contributed by atoms with van der Waals surface area (Å²) in [5, 5.41) is 5.17. The van der Waals surface area contributed by atoms with Crippen molar-refractivity contribution in [1.29, 1.82) is 0 Å². The number of hydrogen-bond donors (Lipinski definition) is 1. The summed E-state index contributed by atoms with van der Waals surface area (Å²) in [6.45, 7) is 3.31. The van der Waals surface area contributed by atoms with E-state index in [0.29, 0.717) is 5.16 Å². The normalized spacial score (nSPS) is 12.2. The summed E-state index contributed by atoms with van der Waals surface area (Å²) in [7, 11) is 0. The van der Waals surface area contributed by atoms with Gasteiger partial charge in [-0.25, -0.2) is 4.98 Å². The Labute approximate surface area is 166 Å². The van der Waals surface area contributed by atoms with E-state index >= 15 is 0 Å². The Morgan fingerprint density at radius 1 is 1.00 bits per heavy atom. The predicted molar refractivity (Wildman–Crippen MR) is 114 cm³/mol. The van der Waals surface area contributed by atoms with Crippen LogP contribution in [-0.2, 0) is 4.79 Å². The molecule has 6 heteroatoms. The topological polar surface area (TPSA) is 64.0 Å². The lowest BCUT2D eigenvalue weighted by molar-refractivity contribution is -0.115. The smallest absolute Gasteiger partial charge is 0.237 e. The van der Waals surface area contributed by atoms with Crippen LogP contribution in [-0.4, -0.2) is 26.6 Å². The molecule has 1 amide bonds. The third-order valence-corrected chi connectivity index (χ3v) is 5.60. The first-order valence-electron chi connectivity index (χ1n) is 8.98. The van der Waals surface area contributed by atoms with E-state index in [1.54, 1.807) is 4.57 Å². The summed E-state index contributed by atoms with van der Waals surface area (Å²) in [6, 6.07) is 21.2. The lowest BCUT2D eigenvalue weighted by Crippen LogP contribution is -2.23. The lowest BCUT2D eigenvalue weighted by atomic mass is 10.1. The summed E-state index contributed by atoms with van der Waals surface area (Å²) >= 11 is 1.28. The molecule has 4 rings (SSSR count). The highest BCUT2D eigenvalue weighted by molar-refractivity contribution is 8.00. The van der Waals surface area contributed by atoms with Crippen LogP contribution in [0.5, 0.6) is 0 Å². The van der Waals surface area contributed by atoms with Crippen LogP contribution in [0.4, 0.5) is 5.69 Å². The molecule has 0 unspecified atom stereocenters. The molecule has 140 valence electrons. The fourth-order valence-corrected chi connectivity index (χ4v) is 4.13. The number of para-hydroxylation sites is 2. The van der Waals surface area contributed by atoms with E-state index < -0.39 is 5.25 Å². The minimum atomic E-state index is -0.422. The lowest BCUT2D eigenvalue weighted by Gasteiger charge is -2.13. The van der Waals surface area contributed by atoms with Crippen molar-refractivity contribution in [3.63, 3.8) is 0 Å². The molecule has 0 aliphatic heterocycles. The van der Waals surface area contributed by atoms with Crippen molar-refractivity contribution in [3.8, 4) is 0 Å². The molecular formula is C22H19N3O2S. The predicted octanol–water partition coefficient (Wildman–Crippen LogP) is 4.97. The fourth-order valence-electron chi connectivity index (χ4n) is 3.17. The average molecular weight is 389 g/mol. The van der Waals surface area contributed by atoms with Gasteiger partial charge in [-0.1, -0.05) is 60.3 Å². The van der Waals surface area contributed by atoms with Gasteiger partial charge in [0.1, 0.15) is 0 Å². The van der Waals surface area contributed by atoms with E-state index in [4.69, 9.17) is 0 Å². The number of anilines is 1. The molecule has 1 heterocycles. The average Bonchev–Trinajstić information content (AvgIpc) is 3.06. The highest BCUT2D eigenvalue weighted by Gasteiger charge is 2.21. The molecule has 0 aliphatic carbocycles. The fraction of sp³-hybridized carbons (Fsp3) is 0.136. The van der Waals surface area contributed by atoms with Gasteiger partial charge < -0.3 is 5.32 Å². The van der Waals surface area contributed by atoms with E-state index in [1.807, 2.05) is 73.7 Å². The number of benzene rings is 3. The first-order valence-corrected chi connectivity index (χ1v) is 9.86. The van der Waals surface area contributed by atoms with E-state index in [-0.39, 0.29) is 11.8 Å². The van der Waals surface area contributed by atoms with Crippen molar-refractivity contribution in [2.24, 2.45) is 0 Å². The highest BCUT2D eigenvalue weighted by Crippen LogP contribution is 2.29. The summed E-state index contributed by atoms with van der Waals surface area (Å²) < 4.78 is 1.56. The largest absolute Gasteiger partial charge is 0.325 e. The first-order chi connectivity index (χ1) is 13.5. The minimum Gasteiger partial charge on any atom is -0.325 e. The Morgan fingerprint density at radius 3 is 2.54 bits per heavy atom. The number of nitrogens with one attached hydrogen (secondary N) is 1. The third-order valence-electron chi connectivity index (χ3n) is 4.54. The second-order valence-electron chi connectivity index (χ2n) is 6.51. The highest BCUT2D eigenvalue weighted by atomic mass is 32.2. The van der Waals surface area contributed by atoms with Crippen LogP contribution in [0.2, 0.25) is 0 Å². The van der Waals surface area contributed by atoms with Crippen molar-refractivity contribution in [3.05, 3.63) is 66.7 Å². The van der Waals surface area contributed by atoms with Gasteiger partial charge in [0.05, 0.1) is 16.3 Å². The van der Waals surface area contributed by atoms with E-state index in [1.165, 1.54) is 18.7 Å². The van der Waals surface area contributed by atoms with Gasteiger partial charge >= 0.3 is 0 Å². The molecule has 1 N–H and O–H groups in total. The maximum absolute atomic E-state index is 12.8. The molecule has 5 nitrogen and oxygen atoms in total. The van der Waals surface area contributed by atoms with Crippen molar-refractivity contribution < 1.29 is 9.59 Å². The van der Waals surface area contributed by atoms with Gasteiger partial charge in [0, 0.05) is 18.0 Å². The van der Waals surface area contributed by atoms with Gasteiger partial charge in [0.15, 0.2) is 5.16 Å². The van der Waals surface area contributed by atoms with Gasteiger partial charge in [-0.05, 0) is 30.5 Å². The zero-order valence-electron chi connectivity index (χ0n) is 15.5. The van der Waals surface area contributed by atoms with Gasteiger partial charge in [-0.3, -0.25) is 14.2 Å². The van der Waals surface area contributed by atoms with Crippen LogP contribution >= 0.6 is 11.8 Å². The summed E-state index contributed by atoms with van der Waals surface area (Å²) in [5.41, 5.74) is 2.26. The van der Waals surface area contributed by atoms with Crippen LogP contribution < -0.4 is 5.32 Å². The standard InChI is InChI=1S/C22H19N3O2S/c1-14(21(27)23-18-12-7-9-16-8-3-4-10-17(16)18)28-22-24-19-11-5-6-13-20(19)25(22)15(2)26/h3-14H,1-2H3,(H,23,27)/t14-/m0/s1. The number of hydrogen-bond acceptors (Lipinski definition) is 4. The Morgan fingerprint density at radius 2 is 1.71 bits per heavy atom. The Bertz CT molecular complexity index is 1190. The van der Waals surface area contributed by atoms with Crippen LogP contribution in [0.1, 0.15) is 18.6 Å². The van der Waals surface area contributed by atoms with E-state index in [0.717, 1.165) is 27.5 Å². The molecule has 0 radical (unpaired) electrons. The SMILES string of the molecule is CC(=O)n1c(S[C@@H](C)C(=O)Nc2cccc3ccccc23)nc2ccccc21. The molecule has 0 spiro atoms. The van der Waals surface area contributed by atoms with Gasteiger partial charge in [-0.2, -0.15) is 0 Å². The summed E-state index contributed by atoms with van der Waals surface area (Å²) in [4.78, 5) is 29.5. The van der Waals surface area contributed by atoms with Crippen LogP contribution in [0.3, 0.4) is 0 Å². The quantitative estimate of drug-likeness (QED) is 0.501. The van der Waals surface area contributed by atoms with Crippen molar-refractivity contribution in [2.45, 2.75) is 24.3 Å². The zero-order valence-corrected chi connectivity index (χ0v) is 16.4. The number of imidazole rings is 1. The van der Waals surface area contributed by atoms with Crippen LogP contribution in [0, 0.1) is 0 Å². The Kier molecular flexibility index (Phi) is 4.88. The second kappa shape index (κ2) is 7.48. The molecule has 28 heavy (non-hydrogen) atoms. The summed E-state index contributed by atoms with van der Waals surface area (Å²) in [5.74, 6) is -0.263. The molecule has 1 aromatic heterocycles. The molecule has 0 saturated carbocycles. The van der Waals surface area contributed by atoms with Crippen LogP contribution in [0.25, 0.3) is 21.8 Å².